The first-order valence-electron chi connectivity index (χ1n) is 13.1. The van der Waals surface area contributed by atoms with Gasteiger partial charge < -0.3 is 14.8 Å². The highest BCUT2D eigenvalue weighted by molar-refractivity contribution is 6.85. The van der Waals surface area contributed by atoms with E-state index in [0.717, 1.165) is 32.8 Å². The van der Waals surface area contributed by atoms with Crippen molar-refractivity contribution in [3.8, 4) is 11.4 Å². The molecule has 41 heavy (non-hydrogen) atoms. The molecule has 1 atom stereocenters. The highest BCUT2D eigenvalue weighted by atomic mass is 35.5. The number of amides is 1. The summed E-state index contributed by atoms with van der Waals surface area (Å²) in [5.74, 6) is 1.49. The lowest BCUT2D eigenvalue weighted by molar-refractivity contribution is 0.0936. The fourth-order valence-corrected chi connectivity index (χ4v) is 6.73. The number of methoxy groups -OCH3 is 1. The second-order valence-electron chi connectivity index (χ2n) is 10.5. The third kappa shape index (κ3) is 4.92. The van der Waals surface area contributed by atoms with E-state index in [-0.39, 0.29) is 5.91 Å². The van der Waals surface area contributed by atoms with Crippen LogP contribution in [0, 0.1) is 6.92 Å². The number of aryl methyl sites for hydroxylation is 1. The number of aromatic nitrogens is 3. The molecule has 0 radical (unpaired) electrons. The Kier molecular flexibility index (Phi) is 6.73. The SMILES string of the molecule is COc1ccc2c(c1)C(c1ccc(Cl)cc1)=N[C@@H](NC(=O)c1ccc3cccc([Si](C)(C)O)c3c1)c1nnc(C)n1-2. The molecule has 0 aliphatic carbocycles. The fourth-order valence-electron chi connectivity index (χ4n) is 5.23. The predicted molar refractivity (Wildman–Crippen MR) is 163 cm³/mol. The number of nitrogens with one attached hydrogen (secondary N) is 1. The van der Waals surface area contributed by atoms with Crippen molar-refractivity contribution >= 4 is 47.5 Å². The number of fused-ring (bicyclic) bond motifs is 4. The molecule has 8 nitrogen and oxygen atoms in total. The molecule has 0 saturated carbocycles. The van der Waals surface area contributed by atoms with Crippen LogP contribution in [-0.4, -0.2) is 46.6 Å². The van der Waals surface area contributed by atoms with Crippen LogP contribution in [-0.2, 0) is 0 Å². The van der Waals surface area contributed by atoms with E-state index in [1.54, 1.807) is 13.2 Å². The van der Waals surface area contributed by atoms with Gasteiger partial charge in [0.05, 0.1) is 18.5 Å². The molecule has 0 spiro atoms. The minimum absolute atomic E-state index is 0.320. The van der Waals surface area contributed by atoms with E-state index in [2.05, 4.69) is 15.5 Å². The zero-order chi connectivity index (χ0) is 28.9. The highest BCUT2D eigenvalue weighted by Gasteiger charge is 2.30. The number of carbonyl (C=O) groups is 1. The van der Waals surface area contributed by atoms with Gasteiger partial charge >= 0.3 is 0 Å². The van der Waals surface area contributed by atoms with E-state index < -0.39 is 14.5 Å². The van der Waals surface area contributed by atoms with Crippen molar-refractivity contribution in [1.29, 1.82) is 0 Å². The van der Waals surface area contributed by atoms with Gasteiger partial charge in [-0.3, -0.25) is 14.4 Å². The number of nitrogens with zero attached hydrogens (tertiary/aromatic N) is 4. The lowest BCUT2D eigenvalue weighted by atomic mass is 10.00. The summed E-state index contributed by atoms with van der Waals surface area (Å²) in [6.45, 7) is 5.60. The zero-order valence-electron chi connectivity index (χ0n) is 23.0. The van der Waals surface area contributed by atoms with Gasteiger partial charge in [-0.2, -0.15) is 0 Å². The van der Waals surface area contributed by atoms with Crippen LogP contribution < -0.4 is 15.2 Å². The van der Waals surface area contributed by atoms with Crippen LogP contribution >= 0.6 is 11.6 Å². The maximum Gasteiger partial charge on any atom is 0.253 e. The van der Waals surface area contributed by atoms with Gasteiger partial charge in [-0.1, -0.05) is 48.0 Å². The topological polar surface area (TPSA) is 102 Å². The summed E-state index contributed by atoms with van der Waals surface area (Å²) in [7, 11) is -1.02. The van der Waals surface area contributed by atoms with Gasteiger partial charge in [0.15, 0.2) is 12.0 Å². The lowest BCUT2D eigenvalue weighted by Gasteiger charge is -2.18. The van der Waals surface area contributed by atoms with E-state index in [4.69, 9.17) is 21.3 Å². The number of hydrogen-bond acceptors (Lipinski definition) is 6. The van der Waals surface area contributed by atoms with E-state index in [9.17, 15) is 9.59 Å². The molecule has 1 amide bonds. The number of rotatable bonds is 5. The number of ether oxygens (including phenoxy) is 1. The highest BCUT2D eigenvalue weighted by Crippen LogP contribution is 2.32. The number of benzene rings is 4. The number of aliphatic imine (C=N–C) groups is 1. The summed E-state index contributed by atoms with van der Waals surface area (Å²) in [5, 5.41) is 15.2. The molecule has 1 aromatic heterocycles. The average Bonchev–Trinajstić information content (AvgIpc) is 3.28. The standard InChI is InChI=1S/C31H28ClN5O3Si/c1-18-35-36-30-29(34-31(38)21-9-8-19-6-5-7-27(24(19)16-21)41(3,4)39)33-28(20-10-12-22(32)13-11-20)25-17-23(40-2)14-15-26(25)37(18)30/h5-17,29,39H,1-4H3,(H,34,38)/t29-/m0/s1. The third-order valence-corrected chi connectivity index (χ3v) is 9.25. The van der Waals surface area contributed by atoms with Crippen LogP contribution in [0.2, 0.25) is 18.1 Å². The Hall–Kier alpha value is -4.31. The lowest BCUT2D eigenvalue weighted by Crippen LogP contribution is -2.41. The Morgan fingerprint density at radius 1 is 1.02 bits per heavy atom. The first-order chi connectivity index (χ1) is 19.6. The molecule has 2 N–H and O–H groups in total. The molecule has 10 heteroatoms. The Morgan fingerprint density at radius 2 is 1.80 bits per heavy atom. The minimum atomic E-state index is -2.64. The largest absolute Gasteiger partial charge is 0.497 e. The van der Waals surface area contributed by atoms with Crippen molar-refractivity contribution in [2.24, 2.45) is 4.99 Å². The molecule has 2 heterocycles. The summed E-state index contributed by atoms with van der Waals surface area (Å²) >= 11 is 6.20. The normalized spacial score (nSPS) is 14.6. The zero-order valence-corrected chi connectivity index (χ0v) is 24.8. The summed E-state index contributed by atoms with van der Waals surface area (Å²) < 4.78 is 7.45. The van der Waals surface area contributed by atoms with E-state index in [0.29, 0.717) is 33.7 Å². The van der Waals surface area contributed by atoms with Crippen molar-refractivity contribution in [2.75, 3.05) is 7.11 Å². The van der Waals surface area contributed by atoms with Crippen molar-refractivity contribution in [3.05, 3.63) is 112 Å². The number of halogens is 1. The Labute approximate surface area is 243 Å². The van der Waals surface area contributed by atoms with Crippen LogP contribution in [0.15, 0.2) is 83.9 Å². The second-order valence-corrected chi connectivity index (χ2v) is 14.6. The van der Waals surface area contributed by atoms with Gasteiger partial charge in [-0.25, -0.2) is 0 Å². The maximum atomic E-state index is 13.8. The maximum absolute atomic E-state index is 13.8. The quantitative estimate of drug-likeness (QED) is 0.282. The van der Waals surface area contributed by atoms with Crippen LogP contribution in [0.3, 0.4) is 0 Å². The molecule has 0 bridgehead atoms. The molecule has 1 aliphatic rings. The van der Waals surface area contributed by atoms with E-state index >= 15 is 0 Å². The van der Waals surface area contributed by atoms with Gasteiger partial charge in [0, 0.05) is 21.7 Å². The van der Waals surface area contributed by atoms with Crippen LogP contribution in [0.5, 0.6) is 5.75 Å². The van der Waals surface area contributed by atoms with E-state index in [1.165, 1.54) is 0 Å². The van der Waals surface area contributed by atoms with Crippen LogP contribution in [0.25, 0.3) is 16.5 Å². The third-order valence-electron chi connectivity index (χ3n) is 7.24. The molecule has 6 rings (SSSR count). The Balaban J connectivity index is 1.49. The van der Waals surface area contributed by atoms with Gasteiger partial charge in [-0.05, 0) is 78.4 Å². The smallest absolute Gasteiger partial charge is 0.253 e. The molecule has 0 saturated heterocycles. The summed E-state index contributed by atoms with van der Waals surface area (Å²) in [6.07, 6.45) is -0.845. The van der Waals surface area contributed by atoms with Crippen LogP contribution in [0.4, 0.5) is 0 Å². The molecule has 0 unspecified atom stereocenters. The van der Waals surface area contributed by atoms with Crippen molar-refractivity contribution < 1.29 is 14.3 Å². The molecule has 5 aromatic rings. The average molecular weight is 582 g/mol. The molecular weight excluding hydrogens is 554 g/mol. The van der Waals surface area contributed by atoms with Gasteiger partial charge in [0.25, 0.3) is 5.91 Å². The Morgan fingerprint density at radius 3 is 2.54 bits per heavy atom. The van der Waals surface area contributed by atoms with Crippen molar-refractivity contribution in [3.63, 3.8) is 0 Å². The number of carbonyl (C=O) groups excluding carboxylic acids is 1. The molecule has 1 aliphatic heterocycles. The van der Waals surface area contributed by atoms with Crippen molar-refractivity contribution in [2.45, 2.75) is 26.2 Å². The van der Waals surface area contributed by atoms with Gasteiger partial charge in [0.2, 0.25) is 8.32 Å². The fraction of sp³-hybridized carbons (Fsp3) is 0.161. The first-order valence-corrected chi connectivity index (χ1v) is 16.5. The van der Waals surface area contributed by atoms with Crippen LogP contribution in [0.1, 0.15) is 39.3 Å². The van der Waals surface area contributed by atoms with E-state index in [1.807, 2.05) is 97.4 Å². The molecule has 206 valence electrons. The minimum Gasteiger partial charge on any atom is -0.497 e. The number of hydrogen-bond donors (Lipinski definition) is 2. The molecular formula is C31H28ClN5O3Si. The first kappa shape index (κ1) is 26.9. The molecule has 0 fully saturated rings. The summed E-state index contributed by atoms with van der Waals surface area (Å²) in [6, 6.07) is 24.5. The predicted octanol–water partition coefficient (Wildman–Crippen LogP) is 5.07. The van der Waals surface area contributed by atoms with Crippen molar-refractivity contribution in [1.82, 2.24) is 20.1 Å². The monoisotopic (exact) mass is 581 g/mol. The Bertz CT molecular complexity index is 1840. The summed E-state index contributed by atoms with van der Waals surface area (Å²) in [5.41, 5.74) is 3.56. The second kappa shape index (κ2) is 10.3. The van der Waals surface area contributed by atoms with Gasteiger partial charge in [0.1, 0.15) is 11.6 Å². The molecule has 4 aromatic carbocycles. The van der Waals surface area contributed by atoms with Gasteiger partial charge in [-0.15, -0.1) is 10.2 Å². The summed E-state index contributed by atoms with van der Waals surface area (Å²) in [4.78, 5) is 29.7.